The van der Waals surface area contributed by atoms with Crippen LogP contribution in [-0.4, -0.2) is 50.1 Å². The van der Waals surface area contributed by atoms with Crippen LogP contribution in [0.1, 0.15) is 72.1 Å². The molecule has 0 amide bonds. The van der Waals surface area contributed by atoms with E-state index in [4.69, 9.17) is 19.3 Å². The van der Waals surface area contributed by atoms with Crippen molar-refractivity contribution in [3.8, 4) is 0 Å². The molecule has 0 radical (unpaired) electrons. The van der Waals surface area contributed by atoms with Gasteiger partial charge in [-0.1, -0.05) is 26.7 Å². The molecular formula is C18H36O6. The van der Waals surface area contributed by atoms with Crippen molar-refractivity contribution >= 4 is 11.9 Å². The fraction of sp³-hybridized carbons (Fsp3) is 0.889. The molecule has 0 aromatic rings. The fourth-order valence-electron chi connectivity index (χ4n) is 1.55. The first-order valence-electron chi connectivity index (χ1n) is 9.12. The highest BCUT2D eigenvalue weighted by atomic mass is 16.5. The van der Waals surface area contributed by atoms with Gasteiger partial charge in [0.1, 0.15) is 0 Å². The van der Waals surface area contributed by atoms with E-state index in [1.165, 1.54) is 0 Å². The molecular weight excluding hydrogens is 312 g/mol. The van der Waals surface area contributed by atoms with E-state index in [0.717, 1.165) is 25.7 Å². The van der Waals surface area contributed by atoms with Crippen molar-refractivity contribution in [3.63, 3.8) is 0 Å². The number of rotatable bonds is 14. The predicted molar refractivity (Wildman–Crippen MR) is 93.8 cm³/mol. The van der Waals surface area contributed by atoms with Gasteiger partial charge < -0.3 is 19.3 Å². The molecule has 0 heterocycles. The van der Waals surface area contributed by atoms with Gasteiger partial charge in [0.15, 0.2) is 0 Å². The summed E-state index contributed by atoms with van der Waals surface area (Å²) in [5.74, 6) is -0.328. The van der Waals surface area contributed by atoms with E-state index < -0.39 is 0 Å². The Kier molecular flexibility index (Phi) is 22.9. The Morgan fingerprint density at radius 1 is 0.750 bits per heavy atom. The van der Waals surface area contributed by atoms with Crippen LogP contribution in [0.15, 0.2) is 0 Å². The Labute approximate surface area is 146 Å². The van der Waals surface area contributed by atoms with Crippen molar-refractivity contribution in [3.05, 3.63) is 0 Å². The lowest BCUT2D eigenvalue weighted by Gasteiger charge is -2.04. The zero-order valence-electron chi connectivity index (χ0n) is 15.7. The zero-order chi connectivity index (χ0) is 18.5. The molecule has 0 bridgehead atoms. The number of esters is 2. The van der Waals surface area contributed by atoms with Crippen LogP contribution < -0.4 is 0 Å². The Bertz CT molecular complexity index is 253. The molecule has 0 aliphatic rings. The molecule has 0 aromatic heterocycles. The van der Waals surface area contributed by atoms with E-state index in [1.54, 1.807) is 0 Å². The second-order valence-electron chi connectivity index (χ2n) is 5.28. The van der Waals surface area contributed by atoms with E-state index in [9.17, 15) is 9.59 Å². The number of hydrogen-bond donors (Lipinski definition) is 1. The van der Waals surface area contributed by atoms with Crippen LogP contribution in [0.5, 0.6) is 0 Å². The molecule has 6 nitrogen and oxygen atoms in total. The van der Waals surface area contributed by atoms with Crippen LogP contribution >= 0.6 is 0 Å². The average molecular weight is 348 g/mol. The topological polar surface area (TPSA) is 82.1 Å². The molecule has 0 rings (SSSR count). The third kappa shape index (κ3) is 23.1. The number of hydrogen-bond acceptors (Lipinski definition) is 6. The zero-order valence-corrected chi connectivity index (χ0v) is 15.7. The molecule has 144 valence electrons. The number of aliphatic hydroxyl groups excluding tert-OH is 1. The summed E-state index contributed by atoms with van der Waals surface area (Å²) in [5.41, 5.74) is 0. The Hall–Kier alpha value is -1.14. The van der Waals surface area contributed by atoms with Crippen molar-refractivity contribution in [1.82, 2.24) is 0 Å². The minimum absolute atomic E-state index is 0.133. The van der Waals surface area contributed by atoms with E-state index in [2.05, 4.69) is 13.8 Å². The normalized spacial score (nSPS) is 9.83. The molecule has 0 unspecified atom stereocenters. The summed E-state index contributed by atoms with van der Waals surface area (Å²) >= 11 is 0. The van der Waals surface area contributed by atoms with Crippen molar-refractivity contribution in [2.75, 3.05) is 33.0 Å². The molecule has 0 aromatic carbocycles. The van der Waals surface area contributed by atoms with Crippen LogP contribution in [0.25, 0.3) is 0 Å². The fourth-order valence-corrected chi connectivity index (χ4v) is 1.55. The quantitative estimate of drug-likeness (QED) is 0.383. The van der Waals surface area contributed by atoms with Gasteiger partial charge in [0.05, 0.1) is 26.4 Å². The maximum atomic E-state index is 11.2. The predicted octanol–water partition coefficient (Wildman–Crippen LogP) is 3.25. The van der Waals surface area contributed by atoms with Crippen LogP contribution in [0.4, 0.5) is 0 Å². The highest BCUT2D eigenvalue weighted by molar-refractivity contribution is 5.70. The molecule has 0 aliphatic carbocycles. The second kappa shape index (κ2) is 21.9. The van der Waals surface area contributed by atoms with Crippen molar-refractivity contribution < 1.29 is 28.9 Å². The number of aliphatic hydroxyl groups is 1. The Morgan fingerprint density at radius 2 is 1.21 bits per heavy atom. The summed E-state index contributed by atoms with van der Waals surface area (Å²) in [5, 5.41) is 8.07. The number of carbonyl (C=O) groups excluding carboxylic acids is 2. The highest BCUT2D eigenvalue weighted by Crippen LogP contribution is 2.04. The van der Waals surface area contributed by atoms with Gasteiger partial charge in [-0.25, -0.2) is 0 Å². The summed E-state index contributed by atoms with van der Waals surface area (Å²) in [6.45, 7) is 8.32. The molecule has 0 fully saturated rings. The number of unbranched alkanes of at least 4 members (excludes halogenated alkanes) is 3. The van der Waals surface area contributed by atoms with Crippen molar-refractivity contribution in [2.24, 2.45) is 0 Å². The smallest absolute Gasteiger partial charge is 0.305 e. The summed E-state index contributed by atoms with van der Waals surface area (Å²) < 4.78 is 14.8. The van der Waals surface area contributed by atoms with Crippen molar-refractivity contribution in [1.29, 1.82) is 0 Å². The molecule has 0 aliphatic heterocycles. The van der Waals surface area contributed by atoms with E-state index >= 15 is 0 Å². The van der Waals surface area contributed by atoms with Crippen LogP contribution in [0.3, 0.4) is 0 Å². The van der Waals surface area contributed by atoms with Gasteiger partial charge in [0.2, 0.25) is 0 Å². The number of ether oxygens (including phenoxy) is 3. The van der Waals surface area contributed by atoms with Gasteiger partial charge in [-0.3, -0.25) is 9.59 Å². The van der Waals surface area contributed by atoms with E-state index in [0.29, 0.717) is 52.1 Å². The van der Waals surface area contributed by atoms with E-state index in [1.807, 2.05) is 6.92 Å². The standard InChI is InChI=1S/C14H26O4.C4H10O2/c1-3-5-11-17-13(15)9-7-8-10-14(16)18-12-6-4-2;1-2-6-4-3-5/h3-12H2,1-2H3;5H,2-4H2,1H3. The van der Waals surface area contributed by atoms with Gasteiger partial charge in [-0.05, 0) is 32.6 Å². The van der Waals surface area contributed by atoms with Gasteiger partial charge >= 0.3 is 11.9 Å². The van der Waals surface area contributed by atoms with Gasteiger partial charge in [0.25, 0.3) is 0 Å². The lowest BCUT2D eigenvalue weighted by atomic mass is 10.2. The monoisotopic (exact) mass is 348 g/mol. The van der Waals surface area contributed by atoms with Crippen LogP contribution in [-0.2, 0) is 23.8 Å². The molecule has 1 N–H and O–H groups in total. The third-order valence-corrected chi connectivity index (χ3v) is 2.97. The summed E-state index contributed by atoms with van der Waals surface area (Å²) in [4.78, 5) is 22.5. The number of carbonyl (C=O) groups is 2. The van der Waals surface area contributed by atoms with Gasteiger partial charge in [-0.2, -0.15) is 0 Å². The first-order chi connectivity index (χ1) is 11.6. The van der Waals surface area contributed by atoms with Crippen LogP contribution in [0.2, 0.25) is 0 Å². The largest absolute Gasteiger partial charge is 0.466 e. The van der Waals surface area contributed by atoms with Crippen LogP contribution in [0, 0.1) is 0 Å². The summed E-state index contributed by atoms with van der Waals surface area (Å²) in [7, 11) is 0. The van der Waals surface area contributed by atoms with Crippen molar-refractivity contribution in [2.45, 2.75) is 72.1 Å². The SMILES string of the molecule is CCCCOC(=O)CCCCC(=O)OCCCC.CCOCCO. The Morgan fingerprint density at radius 3 is 1.50 bits per heavy atom. The summed E-state index contributed by atoms with van der Waals surface area (Å²) in [6.07, 6.45) is 6.04. The average Bonchev–Trinajstić information content (AvgIpc) is 2.58. The third-order valence-electron chi connectivity index (χ3n) is 2.97. The first kappa shape index (κ1) is 25.1. The Balaban J connectivity index is 0. The maximum Gasteiger partial charge on any atom is 0.305 e. The van der Waals surface area contributed by atoms with Gasteiger partial charge in [-0.15, -0.1) is 0 Å². The molecule has 0 saturated heterocycles. The molecule has 24 heavy (non-hydrogen) atoms. The highest BCUT2D eigenvalue weighted by Gasteiger charge is 2.05. The van der Waals surface area contributed by atoms with E-state index in [-0.39, 0.29) is 18.5 Å². The molecule has 0 atom stereocenters. The minimum atomic E-state index is -0.164. The minimum Gasteiger partial charge on any atom is -0.466 e. The molecule has 0 spiro atoms. The second-order valence-corrected chi connectivity index (χ2v) is 5.28. The summed E-state index contributed by atoms with van der Waals surface area (Å²) in [6, 6.07) is 0. The first-order valence-corrected chi connectivity index (χ1v) is 9.12. The molecule has 6 heteroatoms. The lowest BCUT2D eigenvalue weighted by molar-refractivity contribution is -0.146. The van der Waals surface area contributed by atoms with Gasteiger partial charge in [0, 0.05) is 19.4 Å². The molecule has 0 saturated carbocycles. The maximum absolute atomic E-state index is 11.2. The lowest BCUT2D eigenvalue weighted by Crippen LogP contribution is -2.07.